The summed E-state index contributed by atoms with van der Waals surface area (Å²) < 4.78 is 0. The van der Waals surface area contributed by atoms with Gasteiger partial charge in [0, 0.05) is 35.7 Å². The maximum Gasteiger partial charge on any atom is 0.252 e. The van der Waals surface area contributed by atoms with Crippen molar-refractivity contribution in [3.05, 3.63) is 29.8 Å². The lowest BCUT2D eigenvalue weighted by molar-refractivity contribution is 0.0939. The fourth-order valence-corrected chi connectivity index (χ4v) is 2.79. The van der Waals surface area contributed by atoms with Crippen LogP contribution in [0.4, 0.5) is 0 Å². The van der Waals surface area contributed by atoms with Crippen LogP contribution in [0.5, 0.6) is 0 Å². The molecule has 18 heavy (non-hydrogen) atoms. The van der Waals surface area contributed by atoms with Crippen LogP contribution in [0.1, 0.15) is 24.2 Å². The Kier molecular flexibility index (Phi) is 4.66. The molecule has 1 heterocycles. The number of amides is 1. The van der Waals surface area contributed by atoms with E-state index >= 15 is 0 Å². The average Bonchev–Trinajstić information content (AvgIpc) is 2.26. The zero-order valence-electron chi connectivity index (χ0n) is 10.9. The highest BCUT2D eigenvalue weighted by Gasteiger charge is 2.18. The molecular formula is C14H20N2OS. The van der Waals surface area contributed by atoms with Gasteiger partial charge in [0.25, 0.3) is 5.91 Å². The molecule has 0 unspecified atom stereocenters. The number of nitrogens with one attached hydrogen (secondary N) is 2. The number of thioether (sulfide) groups is 1. The smallest absolute Gasteiger partial charge is 0.252 e. The standard InChI is InChI=1S/C14H20N2OS/c1-10(2)18-13-6-4-3-5-12(13)14(17)16-9-11-7-15-8-11/h3-6,10-11,15H,7-9H2,1-2H3,(H,16,17). The second-order valence-corrected chi connectivity index (χ2v) is 6.52. The van der Waals surface area contributed by atoms with E-state index in [1.165, 1.54) is 0 Å². The van der Waals surface area contributed by atoms with Crippen molar-refractivity contribution < 1.29 is 4.79 Å². The summed E-state index contributed by atoms with van der Waals surface area (Å²) in [6, 6.07) is 7.82. The van der Waals surface area contributed by atoms with Crippen molar-refractivity contribution >= 4 is 17.7 Å². The minimum atomic E-state index is 0.0469. The van der Waals surface area contributed by atoms with Crippen molar-refractivity contribution in [2.24, 2.45) is 5.92 Å². The Balaban J connectivity index is 1.99. The lowest BCUT2D eigenvalue weighted by atomic mass is 10.0. The Bertz CT molecular complexity index is 416. The Morgan fingerprint density at radius 3 is 2.78 bits per heavy atom. The van der Waals surface area contributed by atoms with Crippen LogP contribution in [0.3, 0.4) is 0 Å². The van der Waals surface area contributed by atoms with Gasteiger partial charge in [-0.15, -0.1) is 11.8 Å². The van der Waals surface area contributed by atoms with Crippen LogP contribution in [0.15, 0.2) is 29.2 Å². The molecule has 1 aliphatic rings. The summed E-state index contributed by atoms with van der Waals surface area (Å²) in [5.41, 5.74) is 0.795. The molecule has 0 aliphatic carbocycles. The second-order valence-electron chi connectivity index (χ2n) is 4.90. The summed E-state index contributed by atoms with van der Waals surface area (Å²) in [6.45, 7) is 7.08. The van der Waals surface area contributed by atoms with E-state index in [1.807, 2.05) is 24.3 Å². The molecule has 0 radical (unpaired) electrons. The van der Waals surface area contributed by atoms with Crippen molar-refractivity contribution in [3.8, 4) is 0 Å². The minimum absolute atomic E-state index is 0.0469. The summed E-state index contributed by atoms with van der Waals surface area (Å²) >= 11 is 1.73. The molecule has 0 saturated carbocycles. The van der Waals surface area contributed by atoms with Crippen LogP contribution >= 0.6 is 11.8 Å². The third kappa shape index (κ3) is 3.50. The second kappa shape index (κ2) is 6.25. The molecule has 1 aromatic carbocycles. The van der Waals surface area contributed by atoms with E-state index in [0.29, 0.717) is 11.2 Å². The summed E-state index contributed by atoms with van der Waals surface area (Å²) in [7, 11) is 0. The quantitative estimate of drug-likeness (QED) is 0.801. The fraction of sp³-hybridized carbons (Fsp3) is 0.500. The third-order valence-corrected chi connectivity index (χ3v) is 3.99. The highest BCUT2D eigenvalue weighted by atomic mass is 32.2. The lowest BCUT2D eigenvalue weighted by Gasteiger charge is -2.27. The van der Waals surface area contributed by atoms with Gasteiger partial charge in [-0.25, -0.2) is 0 Å². The molecular weight excluding hydrogens is 244 g/mol. The Morgan fingerprint density at radius 2 is 2.17 bits per heavy atom. The van der Waals surface area contributed by atoms with Crippen LogP contribution in [0.2, 0.25) is 0 Å². The number of rotatable bonds is 5. The first-order chi connectivity index (χ1) is 8.66. The Labute approximate surface area is 113 Å². The number of carbonyl (C=O) groups is 1. The van der Waals surface area contributed by atoms with Gasteiger partial charge in [-0.2, -0.15) is 0 Å². The van der Waals surface area contributed by atoms with Gasteiger partial charge in [0.2, 0.25) is 0 Å². The van der Waals surface area contributed by atoms with Crippen molar-refractivity contribution in [1.29, 1.82) is 0 Å². The van der Waals surface area contributed by atoms with Crippen LogP contribution in [0.25, 0.3) is 0 Å². The van der Waals surface area contributed by atoms with E-state index in [-0.39, 0.29) is 5.91 Å². The van der Waals surface area contributed by atoms with Gasteiger partial charge in [-0.05, 0) is 12.1 Å². The first-order valence-electron chi connectivity index (χ1n) is 6.41. The van der Waals surface area contributed by atoms with Crippen LogP contribution in [0, 0.1) is 5.92 Å². The minimum Gasteiger partial charge on any atom is -0.352 e. The van der Waals surface area contributed by atoms with E-state index in [4.69, 9.17) is 0 Å². The normalized spacial score (nSPS) is 15.5. The maximum absolute atomic E-state index is 12.1. The Morgan fingerprint density at radius 1 is 1.44 bits per heavy atom. The number of carbonyl (C=O) groups excluding carboxylic acids is 1. The topological polar surface area (TPSA) is 41.1 Å². The van der Waals surface area contributed by atoms with Crippen molar-refractivity contribution in [3.63, 3.8) is 0 Å². The summed E-state index contributed by atoms with van der Waals surface area (Å²) in [6.07, 6.45) is 0. The molecule has 2 N–H and O–H groups in total. The van der Waals surface area contributed by atoms with Gasteiger partial charge >= 0.3 is 0 Å². The molecule has 1 aromatic rings. The van der Waals surface area contributed by atoms with E-state index in [9.17, 15) is 4.79 Å². The molecule has 1 fully saturated rings. The predicted molar refractivity (Wildman–Crippen MR) is 76.1 cm³/mol. The molecule has 98 valence electrons. The van der Waals surface area contributed by atoms with Crippen LogP contribution < -0.4 is 10.6 Å². The highest BCUT2D eigenvalue weighted by Crippen LogP contribution is 2.26. The first-order valence-corrected chi connectivity index (χ1v) is 7.29. The SMILES string of the molecule is CC(C)Sc1ccccc1C(=O)NCC1CNC1. The van der Waals surface area contributed by atoms with Gasteiger partial charge in [-0.1, -0.05) is 26.0 Å². The zero-order chi connectivity index (χ0) is 13.0. The fourth-order valence-electron chi connectivity index (χ4n) is 1.84. The van der Waals surface area contributed by atoms with Crippen molar-refractivity contribution in [1.82, 2.24) is 10.6 Å². The monoisotopic (exact) mass is 264 g/mol. The molecule has 3 nitrogen and oxygen atoms in total. The van der Waals surface area contributed by atoms with Crippen LogP contribution in [-0.2, 0) is 0 Å². The van der Waals surface area contributed by atoms with Crippen LogP contribution in [-0.4, -0.2) is 30.8 Å². The first kappa shape index (κ1) is 13.4. The largest absolute Gasteiger partial charge is 0.352 e. The number of benzene rings is 1. The summed E-state index contributed by atoms with van der Waals surface area (Å²) in [5.74, 6) is 0.643. The number of hydrogen-bond donors (Lipinski definition) is 2. The van der Waals surface area contributed by atoms with Crippen molar-refractivity contribution in [2.45, 2.75) is 24.0 Å². The molecule has 4 heteroatoms. The maximum atomic E-state index is 12.1. The van der Waals surface area contributed by atoms with Crippen molar-refractivity contribution in [2.75, 3.05) is 19.6 Å². The molecule has 1 aliphatic heterocycles. The highest BCUT2D eigenvalue weighted by molar-refractivity contribution is 8.00. The average molecular weight is 264 g/mol. The van der Waals surface area contributed by atoms with E-state index in [1.54, 1.807) is 11.8 Å². The lowest BCUT2D eigenvalue weighted by Crippen LogP contribution is -2.48. The third-order valence-electron chi connectivity index (χ3n) is 2.91. The number of hydrogen-bond acceptors (Lipinski definition) is 3. The molecule has 0 spiro atoms. The Hall–Kier alpha value is -1.00. The van der Waals surface area contributed by atoms with Gasteiger partial charge in [0.15, 0.2) is 0 Å². The predicted octanol–water partition coefficient (Wildman–Crippen LogP) is 2.14. The summed E-state index contributed by atoms with van der Waals surface area (Å²) in [5, 5.41) is 6.71. The molecule has 0 atom stereocenters. The molecule has 1 amide bonds. The van der Waals surface area contributed by atoms with Gasteiger partial charge in [0.05, 0.1) is 5.56 Å². The summed E-state index contributed by atoms with van der Waals surface area (Å²) in [4.78, 5) is 13.2. The zero-order valence-corrected chi connectivity index (χ0v) is 11.7. The van der Waals surface area contributed by atoms with E-state index in [0.717, 1.165) is 30.1 Å². The van der Waals surface area contributed by atoms with Gasteiger partial charge in [-0.3, -0.25) is 4.79 Å². The molecule has 2 rings (SSSR count). The molecule has 0 bridgehead atoms. The van der Waals surface area contributed by atoms with Gasteiger partial charge < -0.3 is 10.6 Å². The van der Waals surface area contributed by atoms with E-state index in [2.05, 4.69) is 24.5 Å². The van der Waals surface area contributed by atoms with E-state index < -0.39 is 0 Å². The molecule has 0 aromatic heterocycles. The molecule has 1 saturated heterocycles. The van der Waals surface area contributed by atoms with Gasteiger partial charge in [0.1, 0.15) is 0 Å².